The maximum atomic E-state index is 12.4. The highest BCUT2D eigenvalue weighted by atomic mass is 16.2. The van der Waals surface area contributed by atoms with E-state index in [4.69, 9.17) is 0 Å². The van der Waals surface area contributed by atoms with Crippen LogP contribution in [0.15, 0.2) is 54.6 Å². The van der Waals surface area contributed by atoms with Gasteiger partial charge in [-0.3, -0.25) is 4.79 Å². The first-order valence-corrected chi connectivity index (χ1v) is 8.45. The normalized spacial score (nSPS) is 16.8. The van der Waals surface area contributed by atoms with E-state index in [0.717, 1.165) is 16.8 Å². The number of carbonyl (C=O) groups excluding carboxylic acids is 2. The lowest BCUT2D eigenvalue weighted by molar-refractivity contribution is -0.117. The molecule has 1 unspecified atom stereocenters. The SMILES string of the molecule is Cc1ccc(N2CC(NC(=O)N(C)Cc3ccccc3)CC2=O)cc1. The van der Waals surface area contributed by atoms with Crippen LogP contribution in [0.3, 0.4) is 0 Å². The number of nitrogens with one attached hydrogen (secondary N) is 1. The molecule has 2 aromatic carbocycles. The Morgan fingerprint density at radius 3 is 2.52 bits per heavy atom. The summed E-state index contributed by atoms with van der Waals surface area (Å²) in [4.78, 5) is 28.0. The van der Waals surface area contributed by atoms with Crippen LogP contribution in [0.1, 0.15) is 17.5 Å². The average molecular weight is 337 g/mol. The molecule has 130 valence electrons. The Hall–Kier alpha value is -2.82. The molecular formula is C20H23N3O2. The number of nitrogens with zero attached hydrogens (tertiary/aromatic N) is 2. The molecule has 0 aliphatic carbocycles. The van der Waals surface area contributed by atoms with Gasteiger partial charge in [0.15, 0.2) is 0 Å². The first-order valence-electron chi connectivity index (χ1n) is 8.45. The van der Waals surface area contributed by atoms with Crippen LogP contribution in [-0.2, 0) is 11.3 Å². The summed E-state index contributed by atoms with van der Waals surface area (Å²) in [7, 11) is 1.76. The molecule has 1 N–H and O–H groups in total. The summed E-state index contributed by atoms with van der Waals surface area (Å²) in [5, 5.41) is 2.96. The van der Waals surface area contributed by atoms with Gasteiger partial charge >= 0.3 is 6.03 Å². The number of carbonyl (C=O) groups is 2. The molecule has 5 heteroatoms. The topological polar surface area (TPSA) is 52.7 Å². The molecule has 1 saturated heterocycles. The number of rotatable bonds is 4. The molecule has 0 radical (unpaired) electrons. The second-order valence-corrected chi connectivity index (χ2v) is 6.53. The number of anilines is 1. The van der Waals surface area contributed by atoms with E-state index in [-0.39, 0.29) is 18.0 Å². The zero-order chi connectivity index (χ0) is 17.8. The van der Waals surface area contributed by atoms with Crippen LogP contribution < -0.4 is 10.2 Å². The molecule has 1 fully saturated rings. The smallest absolute Gasteiger partial charge is 0.317 e. The van der Waals surface area contributed by atoms with Crippen molar-refractivity contribution in [3.63, 3.8) is 0 Å². The van der Waals surface area contributed by atoms with Crippen molar-refractivity contribution in [1.29, 1.82) is 0 Å². The van der Waals surface area contributed by atoms with Crippen molar-refractivity contribution in [2.24, 2.45) is 0 Å². The Labute approximate surface area is 148 Å². The quantitative estimate of drug-likeness (QED) is 0.932. The zero-order valence-electron chi connectivity index (χ0n) is 14.6. The molecule has 0 saturated carbocycles. The fraction of sp³-hybridized carbons (Fsp3) is 0.300. The van der Waals surface area contributed by atoms with Gasteiger partial charge in [0, 0.05) is 32.2 Å². The highest BCUT2D eigenvalue weighted by Crippen LogP contribution is 2.22. The Morgan fingerprint density at radius 1 is 1.16 bits per heavy atom. The molecule has 3 amide bonds. The molecule has 25 heavy (non-hydrogen) atoms. The van der Waals surface area contributed by atoms with Gasteiger partial charge in [0.2, 0.25) is 5.91 Å². The summed E-state index contributed by atoms with van der Waals surface area (Å²) in [6, 6.07) is 17.4. The molecule has 0 spiro atoms. The van der Waals surface area contributed by atoms with Crippen LogP contribution in [0.4, 0.5) is 10.5 Å². The minimum absolute atomic E-state index is 0.0415. The van der Waals surface area contributed by atoms with Gasteiger partial charge < -0.3 is 15.1 Å². The first kappa shape index (κ1) is 17.0. The molecule has 1 heterocycles. The van der Waals surface area contributed by atoms with E-state index >= 15 is 0 Å². The van der Waals surface area contributed by atoms with Gasteiger partial charge in [-0.2, -0.15) is 0 Å². The van der Waals surface area contributed by atoms with Gasteiger partial charge in [-0.15, -0.1) is 0 Å². The molecule has 0 aromatic heterocycles. The van der Waals surface area contributed by atoms with Crippen LogP contribution >= 0.6 is 0 Å². The Balaban J connectivity index is 1.57. The van der Waals surface area contributed by atoms with Crippen molar-refractivity contribution in [2.75, 3.05) is 18.5 Å². The minimum Gasteiger partial charge on any atom is -0.333 e. The number of hydrogen-bond acceptors (Lipinski definition) is 2. The van der Waals surface area contributed by atoms with Crippen LogP contribution in [0.2, 0.25) is 0 Å². The van der Waals surface area contributed by atoms with Crippen molar-refractivity contribution < 1.29 is 9.59 Å². The predicted octanol–water partition coefficient (Wildman–Crippen LogP) is 2.94. The van der Waals surface area contributed by atoms with Gasteiger partial charge in [-0.1, -0.05) is 48.0 Å². The van der Waals surface area contributed by atoms with Crippen LogP contribution in [0, 0.1) is 6.92 Å². The van der Waals surface area contributed by atoms with Crippen molar-refractivity contribution in [3.8, 4) is 0 Å². The first-order chi connectivity index (χ1) is 12.0. The maximum absolute atomic E-state index is 12.4. The summed E-state index contributed by atoms with van der Waals surface area (Å²) in [6.07, 6.45) is 0.332. The van der Waals surface area contributed by atoms with E-state index in [2.05, 4.69) is 5.32 Å². The molecule has 5 nitrogen and oxygen atoms in total. The van der Waals surface area contributed by atoms with Crippen molar-refractivity contribution >= 4 is 17.6 Å². The lowest BCUT2D eigenvalue weighted by Crippen LogP contribution is -2.43. The molecule has 1 atom stereocenters. The van der Waals surface area contributed by atoms with E-state index in [0.29, 0.717) is 19.5 Å². The Morgan fingerprint density at radius 2 is 1.84 bits per heavy atom. The number of hydrogen-bond donors (Lipinski definition) is 1. The fourth-order valence-corrected chi connectivity index (χ4v) is 2.99. The van der Waals surface area contributed by atoms with Crippen LogP contribution in [-0.4, -0.2) is 36.5 Å². The van der Waals surface area contributed by atoms with E-state index in [1.807, 2.05) is 61.5 Å². The van der Waals surface area contributed by atoms with E-state index in [1.54, 1.807) is 16.8 Å². The summed E-state index contributed by atoms with van der Waals surface area (Å²) in [5.74, 6) is 0.0415. The second-order valence-electron chi connectivity index (χ2n) is 6.53. The molecule has 2 aromatic rings. The van der Waals surface area contributed by atoms with Crippen molar-refractivity contribution in [2.45, 2.75) is 25.9 Å². The average Bonchev–Trinajstić information content (AvgIpc) is 2.96. The number of urea groups is 1. The molecule has 1 aliphatic rings. The van der Waals surface area contributed by atoms with E-state index in [9.17, 15) is 9.59 Å². The standard InChI is InChI=1S/C20H23N3O2/c1-15-8-10-18(11-9-15)23-14-17(12-19(23)24)21-20(25)22(2)13-16-6-4-3-5-7-16/h3-11,17H,12-14H2,1-2H3,(H,21,25). The monoisotopic (exact) mass is 337 g/mol. The molecule has 3 rings (SSSR count). The minimum atomic E-state index is -0.167. The number of amides is 3. The largest absolute Gasteiger partial charge is 0.333 e. The Kier molecular flexibility index (Phi) is 5.03. The summed E-state index contributed by atoms with van der Waals surface area (Å²) < 4.78 is 0. The zero-order valence-corrected chi connectivity index (χ0v) is 14.6. The summed E-state index contributed by atoms with van der Waals surface area (Å²) in [5.41, 5.74) is 3.11. The lowest BCUT2D eigenvalue weighted by atomic mass is 10.2. The number of benzene rings is 2. The second kappa shape index (κ2) is 7.38. The third-order valence-corrected chi connectivity index (χ3v) is 4.41. The van der Waals surface area contributed by atoms with E-state index in [1.165, 1.54) is 0 Å². The van der Waals surface area contributed by atoms with Gasteiger partial charge in [-0.25, -0.2) is 4.79 Å². The van der Waals surface area contributed by atoms with Gasteiger partial charge in [0.05, 0.1) is 6.04 Å². The van der Waals surface area contributed by atoms with Crippen molar-refractivity contribution in [3.05, 3.63) is 65.7 Å². The molecular weight excluding hydrogens is 314 g/mol. The maximum Gasteiger partial charge on any atom is 0.317 e. The third kappa shape index (κ3) is 4.18. The van der Waals surface area contributed by atoms with Crippen LogP contribution in [0.25, 0.3) is 0 Å². The van der Waals surface area contributed by atoms with Gasteiger partial charge in [0.25, 0.3) is 0 Å². The van der Waals surface area contributed by atoms with Gasteiger partial charge in [-0.05, 0) is 24.6 Å². The van der Waals surface area contributed by atoms with Crippen molar-refractivity contribution in [1.82, 2.24) is 10.2 Å². The number of aryl methyl sites for hydroxylation is 1. The Bertz CT molecular complexity index is 743. The predicted molar refractivity (Wildman–Crippen MR) is 98.4 cm³/mol. The van der Waals surface area contributed by atoms with Crippen LogP contribution in [0.5, 0.6) is 0 Å². The highest BCUT2D eigenvalue weighted by molar-refractivity contribution is 5.96. The van der Waals surface area contributed by atoms with Gasteiger partial charge in [0.1, 0.15) is 0 Å². The summed E-state index contributed by atoms with van der Waals surface area (Å²) >= 11 is 0. The molecule has 0 bridgehead atoms. The molecule has 1 aliphatic heterocycles. The third-order valence-electron chi connectivity index (χ3n) is 4.41. The highest BCUT2D eigenvalue weighted by Gasteiger charge is 2.32. The van der Waals surface area contributed by atoms with E-state index < -0.39 is 0 Å². The lowest BCUT2D eigenvalue weighted by Gasteiger charge is -2.21. The fourth-order valence-electron chi connectivity index (χ4n) is 2.99. The summed E-state index contributed by atoms with van der Waals surface area (Å²) in [6.45, 7) is 3.06.